The van der Waals surface area contributed by atoms with Gasteiger partial charge in [0.05, 0.1) is 29.2 Å². The second kappa shape index (κ2) is 8.26. The van der Waals surface area contributed by atoms with E-state index in [-0.39, 0.29) is 12.5 Å². The van der Waals surface area contributed by atoms with E-state index in [1.807, 2.05) is 25.1 Å². The van der Waals surface area contributed by atoms with Crippen LogP contribution in [-0.2, 0) is 11.3 Å². The molecular formula is C22H17N9O. The van der Waals surface area contributed by atoms with Crippen LogP contribution in [0.1, 0.15) is 5.69 Å². The van der Waals surface area contributed by atoms with Crippen molar-refractivity contribution in [3.63, 3.8) is 0 Å². The Kier molecular flexibility index (Phi) is 5.00. The molecule has 0 aliphatic heterocycles. The van der Waals surface area contributed by atoms with Gasteiger partial charge in [-0.1, -0.05) is 0 Å². The molecule has 0 spiro atoms. The van der Waals surface area contributed by atoms with Crippen molar-refractivity contribution < 1.29 is 4.79 Å². The van der Waals surface area contributed by atoms with Gasteiger partial charge in [0.15, 0.2) is 5.65 Å². The Morgan fingerprint density at radius 3 is 2.66 bits per heavy atom. The van der Waals surface area contributed by atoms with E-state index in [9.17, 15) is 4.79 Å². The summed E-state index contributed by atoms with van der Waals surface area (Å²) in [6, 6.07) is 7.37. The van der Waals surface area contributed by atoms with E-state index in [0.29, 0.717) is 17.2 Å². The van der Waals surface area contributed by atoms with Crippen molar-refractivity contribution in [2.45, 2.75) is 13.5 Å². The van der Waals surface area contributed by atoms with E-state index in [0.717, 1.165) is 27.9 Å². The van der Waals surface area contributed by atoms with Crippen LogP contribution in [0.25, 0.3) is 33.5 Å². The third kappa shape index (κ3) is 3.88. The van der Waals surface area contributed by atoms with E-state index in [2.05, 4.69) is 40.3 Å². The molecule has 1 N–H and O–H groups in total. The highest BCUT2D eigenvalue weighted by Crippen LogP contribution is 2.25. The van der Waals surface area contributed by atoms with E-state index in [4.69, 9.17) is 0 Å². The lowest BCUT2D eigenvalue weighted by atomic mass is 10.1. The molecule has 5 aromatic rings. The largest absolute Gasteiger partial charge is 0.309 e. The summed E-state index contributed by atoms with van der Waals surface area (Å²) < 4.78 is 1.54. The van der Waals surface area contributed by atoms with E-state index in [1.165, 1.54) is 11.0 Å². The zero-order chi connectivity index (χ0) is 21.9. The molecule has 0 bridgehead atoms. The van der Waals surface area contributed by atoms with Crippen LogP contribution in [0.15, 0.2) is 67.8 Å². The topological polar surface area (TPSA) is 124 Å². The molecule has 5 rings (SSSR count). The minimum absolute atomic E-state index is 0.0110. The zero-order valence-electron chi connectivity index (χ0n) is 17.0. The minimum atomic E-state index is -0.269. The maximum absolute atomic E-state index is 12.6. The van der Waals surface area contributed by atoms with Crippen LogP contribution in [0.2, 0.25) is 0 Å². The number of aromatic nitrogens is 8. The van der Waals surface area contributed by atoms with Gasteiger partial charge < -0.3 is 5.32 Å². The summed E-state index contributed by atoms with van der Waals surface area (Å²) in [7, 11) is 0. The van der Waals surface area contributed by atoms with Gasteiger partial charge in [-0.15, -0.1) is 0 Å². The van der Waals surface area contributed by atoms with E-state index >= 15 is 0 Å². The molecule has 0 aromatic carbocycles. The number of hydrogen-bond acceptors (Lipinski definition) is 8. The van der Waals surface area contributed by atoms with Crippen molar-refractivity contribution in [2.75, 3.05) is 5.32 Å². The normalized spacial score (nSPS) is 10.9. The molecule has 10 nitrogen and oxygen atoms in total. The van der Waals surface area contributed by atoms with E-state index in [1.54, 1.807) is 43.2 Å². The number of nitrogens with one attached hydrogen (secondary N) is 1. The molecule has 0 saturated heterocycles. The first-order chi connectivity index (χ1) is 15.7. The number of rotatable bonds is 5. The molecule has 5 heterocycles. The van der Waals surface area contributed by atoms with Crippen LogP contribution >= 0.6 is 0 Å². The summed E-state index contributed by atoms with van der Waals surface area (Å²) in [5.74, 6) is 0.163. The molecule has 0 atom stereocenters. The first-order valence-corrected chi connectivity index (χ1v) is 9.79. The number of carbonyl (C=O) groups is 1. The number of nitrogens with zero attached hydrogens (tertiary/aromatic N) is 8. The van der Waals surface area contributed by atoms with Gasteiger partial charge >= 0.3 is 0 Å². The standard InChI is InChI=1S/C22H17N9O/c1-14-8-15(4-5-24-14)21-17-10-29-31(22(17)28-13-27-21)12-20(32)30-19-3-2-16(9-26-19)18-11-23-6-7-25-18/h2-11,13H,12H2,1H3,(H,26,30,32). The van der Waals surface area contributed by atoms with Gasteiger partial charge in [0.1, 0.15) is 18.7 Å². The Hall–Kier alpha value is -4.60. The summed E-state index contributed by atoms with van der Waals surface area (Å²) in [4.78, 5) is 38.1. The number of fused-ring (bicyclic) bond motifs is 1. The monoisotopic (exact) mass is 423 g/mol. The average Bonchev–Trinajstić information content (AvgIpc) is 3.23. The Balaban J connectivity index is 1.34. The number of pyridine rings is 2. The second-order valence-electron chi connectivity index (χ2n) is 7.02. The molecule has 10 heteroatoms. The minimum Gasteiger partial charge on any atom is -0.309 e. The average molecular weight is 423 g/mol. The number of carbonyl (C=O) groups excluding carboxylic acids is 1. The molecule has 0 aliphatic carbocycles. The lowest BCUT2D eigenvalue weighted by Crippen LogP contribution is -2.20. The lowest BCUT2D eigenvalue weighted by molar-refractivity contribution is -0.116. The first-order valence-electron chi connectivity index (χ1n) is 9.79. The van der Waals surface area contributed by atoms with Crippen molar-refractivity contribution in [3.05, 3.63) is 73.5 Å². The Morgan fingerprint density at radius 2 is 1.88 bits per heavy atom. The van der Waals surface area contributed by atoms with Gasteiger partial charge in [0, 0.05) is 41.6 Å². The molecule has 32 heavy (non-hydrogen) atoms. The highest BCUT2D eigenvalue weighted by atomic mass is 16.2. The van der Waals surface area contributed by atoms with Crippen molar-refractivity contribution in [1.82, 2.24) is 39.7 Å². The molecule has 0 fully saturated rings. The van der Waals surface area contributed by atoms with Gasteiger partial charge in [0.2, 0.25) is 5.91 Å². The Bertz CT molecular complexity index is 1400. The summed E-state index contributed by atoms with van der Waals surface area (Å²) in [5, 5.41) is 7.88. The third-order valence-electron chi connectivity index (χ3n) is 4.79. The van der Waals surface area contributed by atoms with Crippen LogP contribution in [0.5, 0.6) is 0 Å². The van der Waals surface area contributed by atoms with E-state index < -0.39 is 0 Å². The maximum atomic E-state index is 12.6. The fourth-order valence-electron chi connectivity index (χ4n) is 3.32. The summed E-state index contributed by atoms with van der Waals surface area (Å²) >= 11 is 0. The second-order valence-corrected chi connectivity index (χ2v) is 7.02. The molecule has 5 aromatic heterocycles. The molecule has 1 amide bonds. The summed E-state index contributed by atoms with van der Waals surface area (Å²) in [5.41, 5.74) is 4.64. The fourth-order valence-corrected chi connectivity index (χ4v) is 3.32. The molecular weight excluding hydrogens is 406 g/mol. The maximum Gasteiger partial charge on any atom is 0.247 e. The Labute approximate surface area is 182 Å². The van der Waals surface area contributed by atoms with Crippen LogP contribution < -0.4 is 5.32 Å². The van der Waals surface area contributed by atoms with Crippen molar-refractivity contribution >= 4 is 22.8 Å². The highest BCUT2D eigenvalue weighted by Gasteiger charge is 2.14. The van der Waals surface area contributed by atoms with Crippen molar-refractivity contribution in [2.24, 2.45) is 0 Å². The van der Waals surface area contributed by atoms with Gasteiger partial charge in [-0.25, -0.2) is 19.6 Å². The van der Waals surface area contributed by atoms with Gasteiger partial charge in [-0.05, 0) is 31.2 Å². The zero-order valence-corrected chi connectivity index (χ0v) is 17.0. The van der Waals surface area contributed by atoms with Gasteiger partial charge in [-0.3, -0.25) is 19.7 Å². The lowest BCUT2D eigenvalue weighted by Gasteiger charge is -2.07. The number of anilines is 1. The highest BCUT2D eigenvalue weighted by molar-refractivity contribution is 5.93. The number of amides is 1. The molecule has 0 unspecified atom stereocenters. The van der Waals surface area contributed by atoms with Crippen LogP contribution in [0.4, 0.5) is 5.82 Å². The smallest absolute Gasteiger partial charge is 0.247 e. The summed E-state index contributed by atoms with van der Waals surface area (Å²) in [6.07, 6.45) is 11.4. The fraction of sp³-hybridized carbons (Fsp3) is 0.0909. The Morgan fingerprint density at radius 1 is 0.938 bits per heavy atom. The predicted octanol–water partition coefficient (Wildman–Crippen LogP) is 2.69. The van der Waals surface area contributed by atoms with Gasteiger partial charge in [0.25, 0.3) is 0 Å². The number of aryl methyl sites for hydroxylation is 1. The third-order valence-corrected chi connectivity index (χ3v) is 4.79. The molecule has 156 valence electrons. The van der Waals surface area contributed by atoms with Crippen LogP contribution in [-0.4, -0.2) is 45.6 Å². The van der Waals surface area contributed by atoms with Crippen molar-refractivity contribution in [3.8, 4) is 22.5 Å². The number of hydrogen-bond donors (Lipinski definition) is 1. The molecule has 0 aliphatic rings. The van der Waals surface area contributed by atoms with Crippen molar-refractivity contribution in [1.29, 1.82) is 0 Å². The van der Waals surface area contributed by atoms with Crippen LogP contribution in [0.3, 0.4) is 0 Å². The SMILES string of the molecule is Cc1cc(-c2ncnc3c2cnn3CC(=O)Nc2ccc(-c3cnccn3)cn2)ccn1. The first kappa shape index (κ1) is 19.4. The molecule has 0 saturated carbocycles. The summed E-state index contributed by atoms with van der Waals surface area (Å²) in [6.45, 7) is 1.91. The predicted molar refractivity (Wildman–Crippen MR) is 117 cm³/mol. The quantitative estimate of drug-likeness (QED) is 0.457. The van der Waals surface area contributed by atoms with Crippen LogP contribution in [0, 0.1) is 6.92 Å². The van der Waals surface area contributed by atoms with Gasteiger partial charge in [-0.2, -0.15) is 5.10 Å². The molecule has 0 radical (unpaired) electrons.